The predicted octanol–water partition coefficient (Wildman–Crippen LogP) is 5.04. The van der Waals surface area contributed by atoms with Crippen molar-refractivity contribution in [2.24, 2.45) is 0 Å². The van der Waals surface area contributed by atoms with E-state index in [1.165, 1.54) is 0 Å². The molecule has 0 aliphatic carbocycles. The lowest BCUT2D eigenvalue weighted by atomic mass is 10.1. The van der Waals surface area contributed by atoms with Gasteiger partial charge < -0.3 is 19.2 Å². The molecule has 0 spiro atoms. The van der Waals surface area contributed by atoms with Crippen molar-refractivity contribution < 1.29 is 23.5 Å². The van der Waals surface area contributed by atoms with Gasteiger partial charge in [-0.1, -0.05) is 25.5 Å². The summed E-state index contributed by atoms with van der Waals surface area (Å²) in [7, 11) is 0. The Labute approximate surface area is 163 Å². The summed E-state index contributed by atoms with van der Waals surface area (Å²) >= 11 is 0. The van der Waals surface area contributed by atoms with Crippen LogP contribution in [0.4, 0.5) is 5.69 Å². The predicted molar refractivity (Wildman–Crippen MR) is 107 cm³/mol. The van der Waals surface area contributed by atoms with E-state index in [0.717, 1.165) is 12.8 Å². The van der Waals surface area contributed by atoms with Crippen LogP contribution >= 0.6 is 0 Å². The van der Waals surface area contributed by atoms with Crippen LogP contribution in [0.25, 0.3) is 11.0 Å². The zero-order chi connectivity index (χ0) is 19.9. The molecule has 0 radical (unpaired) electrons. The summed E-state index contributed by atoms with van der Waals surface area (Å²) in [4.78, 5) is 25.0. The average molecular weight is 381 g/mol. The molecule has 0 bridgehead atoms. The largest absolute Gasteiger partial charge is 0.494 e. The fraction of sp³-hybridized carbons (Fsp3) is 0.273. The molecule has 146 valence electrons. The highest BCUT2D eigenvalue weighted by atomic mass is 16.5. The van der Waals surface area contributed by atoms with Gasteiger partial charge in [-0.05, 0) is 49.7 Å². The fourth-order valence-electron chi connectivity index (χ4n) is 2.73. The van der Waals surface area contributed by atoms with E-state index in [9.17, 15) is 9.59 Å². The number of esters is 1. The summed E-state index contributed by atoms with van der Waals surface area (Å²) in [6, 6.07) is 14.0. The number of carbonyl (C=O) groups is 2. The van der Waals surface area contributed by atoms with Gasteiger partial charge in [-0.15, -0.1) is 0 Å². The third-order valence-electron chi connectivity index (χ3n) is 4.18. The number of amides is 1. The molecule has 0 atom stereocenters. The molecule has 1 heterocycles. The van der Waals surface area contributed by atoms with E-state index in [0.29, 0.717) is 34.6 Å². The molecule has 1 amide bonds. The summed E-state index contributed by atoms with van der Waals surface area (Å²) in [5, 5.41) is 3.42. The van der Waals surface area contributed by atoms with Crippen LogP contribution < -0.4 is 10.1 Å². The first-order chi connectivity index (χ1) is 13.6. The molecule has 28 heavy (non-hydrogen) atoms. The van der Waals surface area contributed by atoms with Crippen LogP contribution in [0.1, 0.15) is 47.6 Å². The minimum Gasteiger partial charge on any atom is -0.494 e. The Hall–Kier alpha value is -3.28. The minimum absolute atomic E-state index is 0.0177. The highest BCUT2D eigenvalue weighted by molar-refractivity contribution is 6.13. The molecule has 3 rings (SSSR count). The van der Waals surface area contributed by atoms with Gasteiger partial charge in [-0.3, -0.25) is 4.79 Å². The van der Waals surface area contributed by atoms with Gasteiger partial charge in [0.15, 0.2) is 0 Å². The van der Waals surface area contributed by atoms with Gasteiger partial charge in [0, 0.05) is 10.9 Å². The third kappa shape index (κ3) is 4.34. The number of nitrogens with one attached hydrogen (secondary N) is 1. The van der Waals surface area contributed by atoms with Crippen LogP contribution in [0.15, 0.2) is 52.9 Å². The Bertz CT molecular complexity index is 959. The van der Waals surface area contributed by atoms with E-state index in [2.05, 4.69) is 12.2 Å². The molecule has 0 saturated carbocycles. The average Bonchev–Trinajstić information content (AvgIpc) is 3.07. The molecule has 0 aliphatic rings. The Balaban J connectivity index is 1.82. The van der Waals surface area contributed by atoms with Gasteiger partial charge in [0.05, 0.1) is 13.2 Å². The van der Waals surface area contributed by atoms with Crippen molar-refractivity contribution in [2.45, 2.75) is 26.7 Å². The summed E-state index contributed by atoms with van der Waals surface area (Å²) in [6.07, 6.45) is 2.04. The zero-order valence-corrected chi connectivity index (χ0v) is 16.0. The SMILES string of the molecule is CCCCOc1ccc(C(=O)Nc2c(C(=O)OCC)oc3ccccc23)cc1. The molecule has 0 fully saturated rings. The smallest absolute Gasteiger partial charge is 0.376 e. The van der Waals surface area contributed by atoms with Crippen molar-refractivity contribution in [3.8, 4) is 5.75 Å². The number of unbranched alkanes of at least 4 members (excludes halogenated alkanes) is 1. The first-order valence-corrected chi connectivity index (χ1v) is 9.37. The minimum atomic E-state index is -0.617. The molecule has 2 aromatic carbocycles. The van der Waals surface area contributed by atoms with Gasteiger partial charge in [-0.2, -0.15) is 0 Å². The number of para-hydroxylation sites is 1. The number of furan rings is 1. The zero-order valence-electron chi connectivity index (χ0n) is 16.0. The summed E-state index contributed by atoms with van der Waals surface area (Å²) in [5.41, 5.74) is 1.26. The van der Waals surface area contributed by atoms with E-state index >= 15 is 0 Å². The van der Waals surface area contributed by atoms with Gasteiger partial charge in [-0.25, -0.2) is 4.79 Å². The van der Waals surface area contributed by atoms with Crippen molar-refractivity contribution in [1.29, 1.82) is 0 Å². The number of rotatable bonds is 8. The number of anilines is 1. The molecule has 1 N–H and O–H groups in total. The molecular weight excluding hydrogens is 358 g/mol. The quantitative estimate of drug-likeness (QED) is 0.437. The van der Waals surface area contributed by atoms with Crippen molar-refractivity contribution in [3.05, 3.63) is 59.9 Å². The van der Waals surface area contributed by atoms with Crippen LogP contribution in [-0.2, 0) is 4.74 Å². The van der Waals surface area contributed by atoms with E-state index in [-0.39, 0.29) is 18.3 Å². The lowest BCUT2D eigenvalue weighted by Crippen LogP contribution is -2.15. The molecule has 6 nitrogen and oxygen atoms in total. The molecule has 0 unspecified atom stereocenters. The van der Waals surface area contributed by atoms with Crippen LogP contribution in [0.3, 0.4) is 0 Å². The van der Waals surface area contributed by atoms with Crippen molar-refractivity contribution in [1.82, 2.24) is 0 Å². The number of ether oxygens (including phenoxy) is 2. The van der Waals surface area contributed by atoms with E-state index < -0.39 is 5.97 Å². The number of benzene rings is 2. The summed E-state index contributed by atoms with van der Waals surface area (Å²) in [5.74, 6) is -0.271. The molecular formula is C22H23NO5. The van der Waals surface area contributed by atoms with Crippen molar-refractivity contribution in [2.75, 3.05) is 18.5 Å². The van der Waals surface area contributed by atoms with Gasteiger partial charge in [0.2, 0.25) is 5.76 Å². The highest BCUT2D eigenvalue weighted by Gasteiger charge is 2.23. The normalized spacial score (nSPS) is 10.6. The van der Waals surface area contributed by atoms with Crippen molar-refractivity contribution in [3.63, 3.8) is 0 Å². The summed E-state index contributed by atoms with van der Waals surface area (Å²) in [6.45, 7) is 4.67. The standard InChI is InChI=1S/C22H23NO5/c1-3-5-14-27-16-12-10-15(11-13-16)21(24)23-19-17-8-6-7-9-18(17)28-20(19)22(25)26-4-2/h6-13H,3-5,14H2,1-2H3,(H,23,24). The Morgan fingerprint density at radius 3 is 2.50 bits per heavy atom. The van der Waals surface area contributed by atoms with Crippen LogP contribution in [0.2, 0.25) is 0 Å². The number of hydrogen-bond donors (Lipinski definition) is 1. The van der Waals surface area contributed by atoms with Gasteiger partial charge >= 0.3 is 5.97 Å². The maximum Gasteiger partial charge on any atom is 0.376 e. The van der Waals surface area contributed by atoms with E-state index in [1.54, 1.807) is 49.4 Å². The fourth-order valence-corrected chi connectivity index (χ4v) is 2.73. The Kier molecular flexibility index (Phi) is 6.32. The first kappa shape index (κ1) is 19.5. The number of carbonyl (C=O) groups excluding carboxylic acids is 2. The maximum atomic E-state index is 12.7. The molecule has 0 saturated heterocycles. The van der Waals surface area contributed by atoms with Crippen molar-refractivity contribution >= 4 is 28.5 Å². The maximum absolute atomic E-state index is 12.7. The lowest BCUT2D eigenvalue weighted by Gasteiger charge is -2.08. The summed E-state index contributed by atoms with van der Waals surface area (Å²) < 4.78 is 16.3. The first-order valence-electron chi connectivity index (χ1n) is 9.37. The number of hydrogen-bond acceptors (Lipinski definition) is 5. The van der Waals surface area contributed by atoms with Crippen LogP contribution in [-0.4, -0.2) is 25.1 Å². The molecule has 3 aromatic rings. The Morgan fingerprint density at radius 1 is 1.04 bits per heavy atom. The Morgan fingerprint density at radius 2 is 1.79 bits per heavy atom. The van der Waals surface area contributed by atoms with Crippen LogP contribution in [0, 0.1) is 0 Å². The highest BCUT2D eigenvalue weighted by Crippen LogP contribution is 2.32. The second kappa shape index (κ2) is 9.08. The topological polar surface area (TPSA) is 77.8 Å². The van der Waals surface area contributed by atoms with Crippen LogP contribution in [0.5, 0.6) is 5.75 Å². The monoisotopic (exact) mass is 381 g/mol. The second-order valence-electron chi connectivity index (χ2n) is 6.20. The molecule has 0 aliphatic heterocycles. The molecule has 1 aromatic heterocycles. The molecule has 6 heteroatoms. The van der Waals surface area contributed by atoms with E-state index in [4.69, 9.17) is 13.9 Å². The number of fused-ring (bicyclic) bond motifs is 1. The lowest BCUT2D eigenvalue weighted by molar-refractivity contribution is 0.0494. The van der Waals surface area contributed by atoms with Gasteiger partial charge in [0.1, 0.15) is 17.0 Å². The van der Waals surface area contributed by atoms with Gasteiger partial charge in [0.25, 0.3) is 5.91 Å². The third-order valence-corrected chi connectivity index (χ3v) is 4.18. The second-order valence-corrected chi connectivity index (χ2v) is 6.20. The van der Waals surface area contributed by atoms with E-state index in [1.807, 2.05) is 6.07 Å².